The molecule has 1 aliphatic heterocycles. The number of nitrogens with zero attached hydrogens (tertiary/aromatic N) is 2. The van der Waals surface area contributed by atoms with E-state index in [9.17, 15) is 0 Å². The van der Waals surface area contributed by atoms with Gasteiger partial charge in [-0.1, -0.05) is 12.1 Å². The van der Waals surface area contributed by atoms with Crippen LogP contribution in [0.4, 0.5) is 0 Å². The van der Waals surface area contributed by atoms with Crippen LogP contribution in [0.3, 0.4) is 0 Å². The number of rotatable bonds is 1. The SMILES string of the molecule is c1cc(C2CCNCC2)ccn1.c1ccc2scnc2c1. The smallest absolute Gasteiger partial charge is 0.0812 e. The molecule has 3 aromatic rings. The van der Waals surface area contributed by atoms with Crippen LogP contribution in [-0.2, 0) is 0 Å². The third kappa shape index (κ3) is 3.86. The van der Waals surface area contributed by atoms with E-state index in [0.717, 1.165) is 24.5 Å². The molecule has 0 amide bonds. The molecule has 1 N–H and O–H groups in total. The maximum Gasteiger partial charge on any atom is 0.0812 e. The van der Waals surface area contributed by atoms with Gasteiger partial charge in [0.25, 0.3) is 0 Å². The lowest BCUT2D eigenvalue weighted by Crippen LogP contribution is -2.26. The lowest BCUT2D eigenvalue weighted by Gasteiger charge is -2.22. The van der Waals surface area contributed by atoms with Crippen LogP contribution < -0.4 is 5.32 Å². The molecule has 0 spiro atoms. The van der Waals surface area contributed by atoms with Crippen LogP contribution in [0.25, 0.3) is 10.2 Å². The van der Waals surface area contributed by atoms with Crippen molar-refractivity contribution >= 4 is 21.6 Å². The number of benzene rings is 1. The summed E-state index contributed by atoms with van der Waals surface area (Å²) < 4.78 is 1.26. The number of thiazole rings is 1. The van der Waals surface area contributed by atoms with Crippen LogP contribution in [-0.4, -0.2) is 23.1 Å². The number of hydrogen-bond acceptors (Lipinski definition) is 4. The van der Waals surface area contributed by atoms with Gasteiger partial charge in [-0.3, -0.25) is 4.98 Å². The highest BCUT2D eigenvalue weighted by atomic mass is 32.1. The normalized spacial score (nSPS) is 15.4. The summed E-state index contributed by atoms with van der Waals surface area (Å²) in [6.45, 7) is 2.32. The summed E-state index contributed by atoms with van der Waals surface area (Å²) in [6.07, 6.45) is 6.31. The number of fused-ring (bicyclic) bond motifs is 1. The van der Waals surface area contributed by atoms with Gasteiger partial charge in [0.15, 0.2) is 0 Å². The molecule has 0 saturated carbocycles. The molecule has 2 aromatic heterocycles. The minimum Gasteiger partial charge on any atom is -0.317 e. The van der Waals surface area contributed by atoms with E-state index in [1.165, 1.54) is 23.1 Å². The molecule has 21 heavy (non-hydrogen) atoms. The maximum absolute atomic E-state index is 4.14. The Morgan fingerprint density at radius 1 is 1.00 bits per heavy atom. The van der Waals surface area contributed by atoms with Gasteiger partial charge in [-0.15, -0.1) is 11.3 Å². The second-order valence-corrected chi connectivity index (χ2v) is 6.01. The van der Waals surface area contributed by atoms with Gasteiger partial charge in [-0.25, -0.2) is 4.98 Å². The van der Waals surface area contributed by atoms with Gasteiger partial charge in [0.05, 0.1) is 15.7 Å². The fourth-order valence-electron chi connectivity index (χ4n) is 2.59. The first-order chi connectivity index (χ1) is 10.4. The summed E-state index contributed by atoms with van der Waals surface area (Å²) in [4.78, 5) is 8.16. The first kappa shape index (κ1) is 14.2. The first-order valence-corrected chi connectivity index (χ1v) is 8.20. The number of aromatic nitrogens is 2. The van der Waals surface area contributed by atoms with Gasteiger partial charge in [0, 0.05) is 12.4 Å². The van der Waals surface area contributed by atoms with Crippen molar-refractivity contribution in [2.75, 3.05) is 13.1 Å². The predicted molar refractivity (Wildman–Crippen MR) is 88.7 cm³/mol. The Labute approximate surface area is 129 Å². The minimum atomic E-state index is 0.759. The van der Waals surface area contributed by atoms with Crippen LogP contribution in [0, 0.1) is 0 Å². The van der Waals surface area contributed by atoms with Crippen molar-refractivity contribution < 1.29 is 0 Å². The number of piperidine rings is 1. The highest BCUT2D eigenvalue weighted by Gasteiger charge is 2.13. The van der Waals surface area contributed by atoms with Gasteiger partial charge >= 0.3 is 0 Å². The lowest BCUT2D eigenvalue weighted by molar-refractivity contribution is 0.460. The maximum atomic E-state index is 4.14. The average molecular weight is 297 g/mol. The van der Waals surface area contributed by atoms with Crippen LogP contribution >= 0.6 is 11.3 Å². The van der Waals surface area contributed by atoms with E-state index in [0.29, 0.717) is 0 Å². The fraction of sp³-hybridized carbons (Fsp3) is 0.294. The Bertz CT molecular complexity index is 630. The molecule has 1 fully saturated rings. The molecule has 4 heteroatoms. The molecule has 1 aliphatic rings. The summed E-state index contributed by atoms with van der Waals surface area (Å²) in [7, 11) is 0. The number of pyridine rings is 1. The zero-order valence-electron chi connectivity index (χ0n) is 11.9. The highest BCUT2D eigenvalue weighted by Crippen LogP contribution is 2.23. The van der Waals surface area contributed by atoms with Gasteiger partial charge in [0.1, 0.15) is 0 Å². The van der Waals surface area contributed by atoms with Crippen molar-refractivity contribution in [3.05, 3.63) is 59.9 Å². The summed E-state index contributed by atoms with van der Waals surface area (Å²) in [5.74, 6) is 0.759. The molecule has 1 saturated heterocycles. The molecule has 1 aromatic carbocycles. The molecule has 3 nitrogen and oxygen atoms in total. The van der Waals surface area contributed by atoms with E-state index in [2.05, 4.69) is 33.5 Å². The average Bonchev–Trinajstić information content (AvgIpc) is 3.06. The van der Waals surface area contributed by atoms with Crippen molar-refractivity contribution in [3.63, 3.8) is 0 Å². The van der Waals surface area contributed by atoms with E-state index in [4.69, 9.17) is 0 Å². The largest absolute Gasteiger partial charge is 0.317 e. The van der Waals surface area contributed by atoms with Crippen molar-refractivity contribution in [1.29, 1.82) is 0 Å². The fourth-order valence-corrected chi connectivity index (χ4v) is 3.27. The third-order valence-corrected chi connectivity index (χ3v) is 4.56. The Morgan fingerprint density at radius 2 is 1.76 bits per heavy atom. The molecule has 108 valence electrons. The van der Waals surface area contributed by atoms with Gasteiger partial charge in [-0.2, -0.15) is 0 Å². The van der Waals surface area contributed by atoms with E-state index in [-0.39, 0.29) is 0 Å². The van der Waals surface area contributed by atoms with Gasteiger partial charge in [-0.05, 0) is 61.7 Å². The zero-order valence-corrected chi connectivity index (χ0v) is 12.7. The molecular weight excluding hydrogens is 278 g/mol. The van der Waals surface area contributed by atoms with Crippen LogP contribution in [0.5, 0.6) is 0 Å². The summed E-state index contributed by atoms with van der Waals surface area (Å²) in [6, 6.07) is 12.4. The second kappa shape index (κ2) is 7.29. The molecule has 0 atom stereocenters. The second-order valence-electron chi connectivity index (χ2n) is 5.12. The monoisotopic (exact) mass is 297 g/mol. The minimum absolute atomic E-state index is 0.759. The zero-order chi connectivity index (χ0) is 14.3. The standard InChI is InChI=1S/C10H14N2.C7H5NS/c1-5-11-6-2-9(1)10-3-7-12-8-4-10;1-2-4-7-6(3-1)8-5-9-7/h1-2,5-6,10,12H,3-4,7-8H2;1-5H. The van der Waals surface area contributed by atoms with Crippen LogP contribution in [0.15, 0.2) is 54.3 Å². The quantitative estimate of drug-likeness (QED) is 0.741. The summed E-state index contributed by atoms with van der Waals surface area (Å²) >= 11 is 1.68. The van der Waals surface area contributed by atoms with Crippen molar-refractivity contribution in [1.82, 2.24) is 15.3 Å². The van der Waals surface area contributed by atoms with E-state index < -0.39 is 0 Å². The highest BCUT2D eigenvalue weighted by molar-refractivity contribution is 7.16. The van der Waals surface area contributed by atoms with Gasteiger partial charge in [0.2, 0.25) is 0 Å². The molecule has 0 aliphatic carbocycles. The molecule has 4 rings (SSSR count). The van der Waals surface area contributed by atoms with E-state index in [1.54, 1.807) is 11.3 Å². The molecular formula is C17H19N3S. The summed E-state index contributed by atoms with van der Waals surface area (Å²) in [5, 5.41) is 3.37. The molecule has 3 heterocycles. The Morgan fingerprint density at radius 3 is 2.52 bits per heavy atom. The molecule has 0 bridgehead atoms. The van der Waals surface area contributed by atoms with Crippen molar-refractivity contribution in [2.45, 2.75) is 18.8 Å². The Hall–Kier alpha value is -1.78. The Kier molecular flexibility index (Phi) is 4.92. The number of para-hydroxylation sites is 1. The summed E-state index contributed by atoms with van der Waals surface area (Å²) in [5.41, 5.74) is 4.42. The van der Waals surface area contributed by atoms with Crippen LogP contribution in [0.1, 0.15) is 24.3 Å². The number of hydrogen-bond donors (Lipinski definition) is 1. The molecule has 0 unspecified atom stereocenters. The third-order valence-electron chi connectivity index (χ3n) is 3.75. The Balaban J connectivity index is 0.000000131. The van der Waals surface area contributed by atoms with Crippen LogP contribution in [0.2, 0.25) is 0 Å². The molecule has 0 radical (unpaired) electrons. The first-order valence-electron chi connectivity index (χ1n) is 7.32. The predicted octanol–water partition coefficient (Wildman–Crippen LogP) is 3.84. The lowest BCUT2D eigenvalue weighted by atomic mass is 9.91. The van der Waals surface area contributed by atoms with E-state index in [1.807, 2.05) is 36.1 Å². The van der Waals surface area contributed by atoms with E-state index >= 15 is 0 Å². The van der Waals surface area contributed by atoms with Crippen molar-refractivity contribution in [2.24, 2.45) is 0 Å². The topological polar surface area (TPSA) is 37.8 Å². The van der Waals surface area contributed by atoms with Gasteiger partial charge < -0.3 is 5.32 Å². The van der Waals surface area contributed by atoms with Crippen molar-refractivity contribution in [3.8, 4) is 0 Å². The number of nitrogens with one attached hydrogen (secondary N) is 1.